The van der Waals surface area contributed by atoms with Gasteiger partial charge in [0, 0.05) is 50.3 Å². The summed E-state index contributed by atoms with van der Waals surface area (Å²) in [5.74, 6) is 0.857. The Bertz CT molecular complexity index is 610. The highest BCUT2D eigenvalue weighted by Gasteiger charge is 2.00. The lowest BCUT2D eigenvalue weighted by molar-refractivity contribution is 0.791. The average Bonchev–Trinajstić information content (AvgIpc) is 2.57. The van der Waals surface area contributed by atoms with E-state index >= 15 is 0 Å². The van der Waals surface area contributed by atoms with Gasteiger partial charge in [0.1, 0.15) is 0 Å². The van der Waals surface area contributed by atoms with Crippen molar-refractivity contribution in [1.29, 1.82) is 0 Å². The van der Waals surface area contributed by atoms with E-state index in [0.29, 0.717) is 0 Å². The van der Waals surface area contributed by atoms with Crippen LogP contribution in [0, 0.1) is 6.92 Å². The van der Waals surface area contributed by atoms with E-state index in [2.05, 4.69) is 45.5 Å². The summed E-state index contributed by atoms with van der Waals surface area (Å²) in [5.41, 5.74) is 3.61. The van der Waals surface area contributed by atoms with E-state index in [0.717, 1.165) is 44.1 Å². The van der Waals surface area contributed by atoms with Gasteiger partial charge in [0.25, 0.3) is 0 Å². The molecule has 23 heavy (non-hydrogen) atoms. The average molecular weight is 311 g/mol. The van der Waals surface area contributed by atoms with Crippen LogP contribution < -0.4 is 10.6 Å². The zero-order chi connectivity index (χ0) is 16.3. The van der Waals surface area contributed by atoms with Crippen LogP contribution in [0.4, 0.5) is 0 Å². The first-order valence-electron chi connectivity index (χ1n) is 8.11. The third kappa shape index (κ3) is 6.06. The molecule has 0 aliphatic heterocycles. The molecule has 0 fully saturated rings. The van der Waals surface area contributed by atoms with Gasteiger partial charge in [-0.2, -0.15) is 0 Å². The van der Waals surface area contributed by atoms with Crippen molar-refractivity contribution < 1.29 is 0 Å². The van der Waals surface area contributed by atoms with Crippen molar-refractivity contribution >= 4 is 5.96 Å². The Morgan fingerprint density at radius 1 is 1.13 bits per heavy atom. The van der Waals surface area contributed by atoms with Crippen LogP contribution in [0.2, 0.25) is 0 Å². The first-order chi connectivity index (χ1) is 11.3. The van der Waals surface area contributed by atoms with Gasteiger partial charge < -0.3 is 10.6 Å². The normalized spacial score (nSPS) is 11.3. The fraction of sp³-hybridized carbons (Fsp3) is 0.389. The lowest BCUT2D eigenvalue weighted by Gasteiger charge is -2.12. The van der Waals surface area contributed by atoms with E-state index in [4.69, 9.17) is 0 Å². The van der Waals surface area contributed by atoms with Gasteiger partial charge in [0.15, 0.2) is 5.96 Å². The molecular weight excluding hydrogens is 286 g/mol. The Kier molecular flexibility index (Phi) is 7.04. The fourth-order valence-corrected chi connectivity index (χ4v) is 2.27. The van der Waals surface area contributed by atoms with Crippen molar-refractivity contribution in [3.8, 4) is 0 Å². The van der Waals surface area contributed by atoms with Crippen molar-refractivity contribution in [3.05, 3.63) is 59.7 Å². The summed E-state index contributed by atoms with van der Waals surface area (Å²) >= 11 is 0. The van der Waals surface area contributed by atoms with Gasteiger partial charge in [0.2, 0.25) is 0 Å². The molecule has 0 spiro atoms. The maximum absolute atomic E-state index is 4.60. The monoisotopic (exact) mass is 311 g/mol. The molecule has 122 valence electrons. The van der Waals surface area contributed by atoms with Gasteiger partial charge in [-0.25, -0.2) is 0 Å². The molecule has 5 heteroatoms. The van der Waals surface area contributed by atoms with Gasteiger partial charge in [0.05, 0.1) is 0 Å². The fourth-order valence-electron chi connectivity index (χ4n) is 2.27. The van der Waals surface area contributed by atoms with Crippen molar-refractivity contribution in [3.63, 3.8) is 0 Å². The number of hydrogen-bond donors (Lipinski definition) is 2. The molecule has 0 amide bonds. The molecule has 0 aliphatic rings. The topological polar surface area (TPSA) is 62.2 Å². The number of guanidine groups is 1. The second kappa shape index (κ2) is 9.56. The number of hydrogen-bond acceptors (Lipinski definition) is 3. The van der Waals surface area contributed by atoms with Crippen molar-refractivity contribution in [2.75, 3.05) is 19.6 Å². The Balaban J connectivity index is 1.81. The molecule has 5 nitrogen and oxygen atoms in total. The van der Waals surface area contributed by atoms with E-state index in [-0.39, 0.29) is 0 Å². The molecular formula is C18H25N5. The lowest BCUT2D eigenvalue weighted by atomic mass is 10.1. The highest BCUT2D eigenvalue weighted by molar-refractivity contribution is 5.79. The summed E-state index contributed by atoms with van der Waals surface area (Å²) in [6.45, 7) is 6.59. The summed E-state index contributed by atoms with van der Waals surface area (Å²) in [5, 5.41) is 6.66. The minimum Gasteiger partial charge on any atom is -0.357 e. The third-order valence-corrected chi connectivity index (χ3v) is 3.53. The molecule has 0 radical (unpaired) electrons. The van der Waals surface area contributed by atoms with Crippen LogP contribution >= 0.6 is 0 Å². The third-order valence-electron chi connectivity index (χ3n) is 3.53. The molecule has 0 unspecified atom stereocenters. The Labute approximate surface area is 138 Å². The van der Waals surface area contributed by atoms with Crippen LogP contribution in [-0.2, 0) is 12.8 Å². The number of aryl methyl sites for hydroxylation is 1. The van der Waals surface area contributed by atoms with Gasteiger partial charge in [-0.3, -0.25) is 15.0 Å². The number of nitrogens with one attached hydrogen (secondary N) is 2. The van der Waals surface area contributed by atoms with Gasteiger partial charge in [-0.1, -0.05) is 6.07 Å². The molecule has 2 heterocycles. The quantitative estimate of drug-likeness (QED) is 0.607. The highest BCUT2D eigenvalue weighted by Crippen LogP contribution is 2.04. The van der Waals surface area contributed by atoms with Crippen LogP contribution in [0.25, 0.3) is 0 Å². The lowest BCUT2D eigenvalue weighted by Crippen LogP contribution is -2.38. The molecule has 0 aromatic carbocycles. The smallest absolute Gasteiger partial charge is 0.191 e. The highest BCUT2D eigenvalue weighted by atomic mass is 15.2. The minimum atomic E-state index is 0.723. The Morgan fingerprint density at radius 3 is 2.78 bits per heavy atom. The van der Waals surface area contributed by atoms with Gasteiger partial charge in [-0.15, -0.1) is 0 Å². The Morgan fingerprint density at radius 2 is 2.04 bits per heavy atom. The van der Waals surface area contributed by atoms with Crippen LogP contribution in [0.1, 0.15) is 23.7 Å². The number of nitrogens with zero attached hydrogens (tertiary/aromatic N) is 3. The van der Waals surface area contributed by atoms with Gasteiger partial charge in [-0.05, 0) is 49.6 Å². The van der Waals surface area contributed by atoms with Crippen LogP contribution in [0.5, 0.6) is 0 Å². The molecule has 0 saturated heterocycles. The van der Waals surface area contributed by atoms with Crippen LogP contribution in [0.15, 0.2) is 47.8 Å². The summed E-state index contributed by atoms with van der Waals surface area (Å²) in [7, 11) is 0. The second-order valence-electron chi connectivity index (χ2n) is 5.31. The minimum absolute atomic E-state index is 0.723. The van der Waals surface area contributed by atoms with Crippen molar-refractivity contribution in [1.82, 2.24) is 20.6 Å². The van der Waals surface area contributed by atoms with Crippen LogP contribution in [-0.4, -0.2) is 35.6 Å². The second-order valence-corrected chi connectivity index (χ2v) is 5.31. The van der Waals surface area contributed by atoms with E-state index in [9.17, 15) is 0 Å². The molecule has 0 atom stereocenters. The maximum Gasteiger partial charge on any atom is 0.191 e. The van der Waals surface area contributed by atoms with Gasteiger partial charge >= 0.3 is 0 Å². The summed E-state index contributed by atoms with van der Waals surface area (Å²) in [4.78, 5) is 13.0. The summed E-state index contributed by atoms with van der Waals surface area (Å²) in [6, 6.07) is 8.04. The van der Waals surface area contributed by atoms with E-state index in [1.165, 1.54) is 11.1 Å². The van der Waals surface area contributed by atoms with E-state index < -0.39 is 0 Å². The van der Waals surface area contributed by atoms with Crippen molar-refractivity contribution in [2.45, 2.75) is 26.7 Å². The van der Waals surface area contributed by atoms with Crippen LogP contribution in [0.3, 0.4) is 0 Å². The molecule has 2 aromatic rings. The number of pyridine rings is 2. The first kappa shape index (κ1) is 16.9. The maximum atomic E-state index is 4.60. The predicted octanol–water partition coefficient (Wildman–Crippen LogP) is 2.13. The largest absolute Gasteiger partial charge is 0.357 e. The van der Waals surface area contributed by atoms with E-state index in [1.807, 2.05) is 36.8 Å². The standard InChI is InChI=1S/C18H25N5/c1-3-20-18(23-13-9-17-6-4-5-10-21-17)22-12-8-16-7-11-19-14-15(16)2/h4-7,10-11,14H,3,8-9,12-13H2,1-2H3,(H2,20,22,23). The molecule has 0 aliphatic carbocycles. The summed E-state index contributed by atoms with van der Waals surface area (Å²) in [6.07, 6.45) is 7.37. The number of aromatic nitrogens is 2. The summed E-state index contributed by atoms with van der Waals surface area (Å²) < 4.78 is 0. The molecule has 2 rings (SSSR count). The molecule has 2 aromatic heterocycles. The van der Waals surface area contributed by atoms with Crippen molar-refractivity contribution in [2.24, 2.45) is 4.99 Å². The Hall–Kier alpha value is -2.43. The molecule has 0 bridgehead atoms. The SMILES string of the molecule is CCNC(=NCCc1ccccn1)NCCc1ccncc1C. The molecule has 0 saturated carbocycles. The van der Waals surface area contributed by atoms with E-state index in [1.54, 1.807) is 0 Å². The zero-order valence-electron chi connectivity index (χ0n) is 13.9. The predicted molar refractivity (Wildman–Crippen MR) is 94.6 cm³/mol. The number of rotatable bonds is 7. The molecule has 2 N–H and O–H groups in total. The number of aliphatic imine (C=N–C) groups is 1. The zero-order valence-corrected chi connectivity index (χ0v) is 13.9. The first-order valence-corrected chi connectivity index (χ1v) is 8.11.